The van der Waals surface area contributed by atoms with Gasteiger partial charge in [0.2, 0.25) is 5.91 Å². The number of hydrogen-bond donors (Lipinski definition) is 3. The third-order valence-corrected chi connectivity index (χ3v) is 3.91. The van der Waals surface area contributed by atoms with Crippen molar-refractivity contribution >= 4 is 17.5 Å². The molecule has 1 aliphatic heterocycles. The van der Waals surface area contributed by atoms with Crippen molar-refractivity contribution in [2.45, 2.75) is 12.6 Å². The SMILES string of the molecule is O=C(NCCn1cc(Cl)cn1)C1CNNC1c1ccccc1. The Morgan fingerprint density at radius 3 is 2.95 bits per heavy atom. The van der Waals surface area contributed by atoms with E-state index in [1.54, 1.807) is 17.1 Å². The monoisotopic (exact) mass is 319 g/mol. The maximum Gasteiger partial charge on any atom is 0.226 e. The van der Waals surface area contributed by atoms with Gasteiger partial charge >= 0.3 is 0 Å². The molecule has 116 valence electrons. The molecule has 7 heteroatoms. The molecule has 1 aromatic carbocycles. The number of hydrazine groups is 1. The molecular formula is C15H18ClN5O. The molecular weight excluding hydrogens is 302 g/mol. The van der Waals surface area contributed by atoms with Gasteiger partial charge in [0.15, 0.2) is 0 Å². The Morgan fingerprint density at radius 2 is 2.23 bits per heavy atom. The number of carbonyl (C=O) groups excluding carboxylic acids is 1. The van der Waals surface area contributed by atoms with Gasteiger partial charge in [-0.3, -0.25) is 14.9 Å². The summed E-state index contributed by atoms with van der Waals surface area (Å²) in [5.41, 5.74) is 7.34. The molecule has 6 nitrogen and oxygen atoms in total. The molecule has 1 saturated heterocycles. The lowest BCUT2D eigenvalue weighted by atomic mass is 9.94. The van der Waals surface area contributed by atoms with E-state index >= 15 is 0 Å². The first-order chi connectivity index (χ1) is 10.7. The van der Waals surface area contributed by atoms with Gasteiger partial charge < -0.3 is 5.32 Å². The van der Waals surface area contributed by atoms with Gasteiger partial charge in [-0.1, -0.05) is 41.9 Å². The van der Waals surface area contributed by atoms with Crippen LogP contribution in [0.2, 0.25) is 5.02 Å². The summed E-state index contributed by atoms with van der Waals surface area (Å²) < 4.78 is 1.71. The van der Waals surface area contributed by atoms with Crippen molar-refractivity contribution in [2.24, 2.45) is 5.92 Å². The Morgan fingerprint density at radius 1 is 1.41 bits per heavy atom. The maximum absolute atomic E-state index is 12.4. The van der Waals surface area contributed by atoms with Gasteiger partial charge in [-0.2, -0.15) is 5.10 Å². The van der Waals surface area contributed by atoms with E-state index in [0.29, 0.717) is 24.7 Å². The van der Waals surface area contributed by atoms with E-state index in [1.807, 2.05) is 30.3 Å². The van der Waals surface area contributed by atoms with Crippen molar-refractivity contribution in [3.8, 4) is 0 Å². The zero-order valence-electron chi connectivity index (χ0n) is 12.0. The number of carbonyl (C=O) groups is 1. The van der Waals surface area contributed by atoms with Crippen molar-refractivity contribution < 1.29 is 4.79 Å². The zero-order valence-corrected chi connectivity index (χ0v) is 12.8. The highest BCUT2D eigenvalue weighted by atomic mass is 35.5. The molecule has 0 saturated carbocycles. The molecule has 3 N–H and O–H groups in total. The number of aromatic nitrogens is 2. The number of rotatable bonds is 5. The van der Waals surface area contributed by atoms with Gasteiger partial charge in [-0.05, 0) is 5.56 Å². The summed E-state index contributed by atoms with van der Waals surface area (Å²) in [5.74, 6) is -0.104. The summed E-state index contributed by atoms with van der Waals surface area (Å²) in [7, 11) is 0. The smallest absolute Gasteiger partial charge is 0.226 e. The van der Waals surface area contributed by atoms with Gasteiger partial charge in [0.05, 0.1) is 29.7 Å². The van der Waals surface area contributed by atoms with Crippen molar-refractivity contribution in [1.29, 1.82) is 0 Å². The van der Waals surface area contributed by atoms with Crippen molar-refractivity contribution in [2.75, 3.05) is 13.1 Å². The lowest BCUT2D eigenvalue weighted by Crippen LogP contribution is -2.36. The van der Waals surface area contributed by atoms with E-state index in [2.05, 4.69) is 21.3 Å². The predicted molar refractivity (Wildman–Crippen MR) is 84.1 cm³/mol. The fourth-order valence-electron chi connectivity index (χ4n) is 2.60. The van der Waals surface area contributed by atoms with Crippen molar-refractivity contribution in [1.82, 2.24) is 25.9 Å². The minimum atomic E-state index is -0.136. The van der Waals surface area contributed by atoms with E-state index < -0.39 is 0 Å². The fraction of sp³-hybridized carbons (Fsp3) is 0.333. The lowest BCUT2D eigenvalue weighted by molar-refractivity contribution is -0.124. The average Bonchev–Trinajstić information content (AvgIpc) is 3.17. The molecule has 1 fully saturated rings. The molecule has 2 aromatic rings. The van der Waals surface area contributed by atoms with Crippen LogP contribution in [0.25, 0.3) is 0 Å². The van der Waals surface area contributed by atoms with Crippen LogP contribution < -0.4 is 16.2 Å². The average molecular weight is 320 g/mol. The van der Waals surface area contributed by atoms with Crippen LogP contribution in [0.1, 0.15) is 11.6 Å². The van der Waals surface area contributed by atoms with E-state index in [-0.39, 0.29) is 17.9 Å². The number of nitrogens with zero attached hydrogens (tertiary/aromatic N) is 2. The second kappa shape index (κ2) is 6.91. The Bertz CT molecular complexity index is 630. The highest BCUT2D eigenvalue weighted by Gasteiger charge is 2.33. The first-order valence-corrected chi connectivity index (χ1v) is 7.61. The van der Waals surface area contributed by atoms with E-state index in [1.165, 1.54) is 0 Å². The number of amides is 1. The molecule has 0 aliphatic carbocycles. The van der Waals surface area contributed by atoms with Gasteiger partial charge in [0.25, 0.3) is 0 Å². The third-order valence-electron chi connectivity index (χ3n) is 3.72. The molecule has 0 spiro atoms. The molecule has 2 heterocycles. The predicted octanol–water partition coefficient (Wildman–Crippen LogP) is 1.12. The Hall–Kier alpha value is -1.89. The summed E-state index contributed by atoms with van der Waals surface area (Å²) in [6.45, 7) is 1.73. The molecule has 1 aromatic heterocycles. The van der Waals surface area contributed by atoms with Crippen LogP contribution in [0.5, 0.6) is 0 Å². The van der Waals surface area contributed by atoms with Gasteiger partial charge in [0.1, 0.15) is 0 Å². The molecule has 0 radical (unpaired) electrons. The van der Waals surface area contributed by atoms with Crippen LogP contribution in [-0.2, 0) is 11.3 Å². The molecule has 3 rings (SSSR count). The summed E-state index contributed by atoms with van der Waals surface area (Å²) in [6.07, 6.45) is 3.32. The fourth-order valence-corrected chi connectivity index (χ4v) is 2.76. The van der Waals surface area contributed by atoms with E-state index in [9.17, 15) is 4.79 Å². The van der Waals surface area contributed by atoms with Crippen LogP contribution in [0, 0.1) is 5.92 Å². The van der Waals surface area contributed by atoms with Gasteiger partial charge in [-0.15, -0.1) is 0 Å². The standard InChI is InChI=1S/C15H18ClN5O/c16-12-8-19-21(10-12)7-6-17-15(22)13-9-18-20-14(13)11-4-2-1-3-5-11/h1-5,8,10,13-14,18,20H,6-7,9H2,(H,17,22). The number of hydrogen-bond acceptors (Lipinski definition) is 4. The quantitative estimate of drug-likeness (QED) is 0.772. The van der Waals surface area contributed by atoms with Crippen LogP contribution in [-0.4, -0.2) is 28.8 Å². The minimum absolute atomic E-state index is 0.0136. The van der Waals surface area contributed by atoms with E-state index in [0.717, 1.165) is 5.56 Å². The second-order valence-corrected chi connectivity index (χ2v) is 5.67. The molecule has 2 unspecified atom stereocenters. The van der Waals surface area contributed by atoms with Crippen LogP contribution in [0.15, 0.2) is 42.7 Å². The summed E-state index contributed by atoms with van der Waals surface area (Å²) in [4.78, 5) is 12.4. The van der Waals surface area contributed by atoms with Crippen LogP contribution in [0.4, 0.5) is 0 Å². The molecule has 1 amide bonds. The maximum atomic E-state index is 12.4. The van der Waals surface area contributed by atoms with Crippen LogP contribution in [0.3, 0.4) is 0 Å². The minimum Gasteiger partial charge on any atom is -0.354 e. The Balaban J connectivity index is 1.55. The highest BCUT2D eigenvalue weighted by molar-refractivity contribution is 6.30. The third kappa shape index (κ3) is 3.47. The second-order valence-electron chi connectivity index (χ2n) is 5.23. The summed E-state index contributed by atoms with van der Waals surface area (Å²) >= 11 is 5.81. The Kier molecular flexibility index (Phi) is 4.72. The first-order valence-electron chi connectivity index (χ1n) is 7.23. The largest absolute Gasteiger partial charge is 0.354 e. The normalized spacial score (nSPS) is 21.0. The molecule has 22 heavy (non-hydrogen) atoms. The molecule has 1 aliphatic rings. The number of nitrogens with one attached hydrogen (secondary N) is 3. The van der Waals surface area contributed by atoms with E-state index in [4.69, 9.17) is 11.6 Å². The Labute approximate surface area is 133 Å². The first kappa shape index (κ1) is 15.0. The van der Waals surface area contributed by atoms with Gasteiger partial charge in [-0.25, -0.2) is 5.43 Å². The lowest BCUT2D eigenvalue weighted by Gasteiger charge is -2.18. The van der Waals surface area contributed by atoms with Crippen LogP contribution >= 0.6 is 11.6 Å². The molecule has 2 atom stereocenters. The topological polar surface area (TPSA) is 71.0 Å². The number of halogens is 1. The van der Waals surface area contributed by atoms with Gasteiger partial charge in [0, 0.05) is 19.3 Å². The van der Waals surface area contributed by atoms with Crippen molar-refractivity contribution in [3.63, 3.8) is 0 Å². The number of benzene rings is 1. The summed E-state index contributed by atoms with van der Waals surface area (Å²) in [5, 5.41) is 7.64. The highest BCUT2D eigenvalue weighted by Crippen LogP contribution is 2.24. The molecule has 0 bridgehead atoms. The zero-order chi connectivity index (χ0) is 15.4. The van der Waals surface area contributed by atoms with Crippen molar-refractivity contribution in [3.05, 3.63) is 53.3 Å². The summed E-state index contributed by atoms with van der Waals surface area (Å²) in [6, 6.07) is 9.96.